The molecule has 0 bridgehead atoms. The van der Waals surface area contributed by atoms with E-state index < -0.39 is 0 Å². The van der Waals surface area contributed by atoms with Crippen LogP contribution < -0.4 is 5.32 Å². The molecular formula is C17H26N4O2. The maximum Gasteiger partial charge on any atom is 0.242 e. The van der Waals surface area contributed by atoms with E-state index in [1.54, 1.807) is 6.26 Å². The molecule has 1 aliphatic heterocycles. The van der Waals surface area contributed by atoms with Crippen LogP contribution >= 0.6 is 0 Å². The fraction of sp³-hybridized carbons (Fsp3) is 0.647. The highest BCUT2D eigenvalue weighted by Crippen LogP contribution is 2.28. The Balaban J connectivity index is 1.60. The number of amides is 1. The van der Waals surface area contributed by atoms with Crippen molar-refractivity contribution in [3.05, 3.63) is 24.2 Å². The molecule has 1 aromatic rings. The molecule has 1 saturated heterocycles. The fourth-order valence-corrected chi connectivity index (χ4v) is 2.86. The van der Waals surface area contributed by atoms with Crippen molar-refractivity contribution in [1.82, 2.24) is 15.1 Å². The molecule has 1 N–H and O–H groups in total. The summed E-state index contributed by atoms with van der Waals surface area (Å²) >= 11 is 0. The van der Waals surface area contributed by atoms with E-state index in [2.05, 4.69) is 29.1 Å². The summed E-state index contributed by atoms with van der Waals surface area (Å²) in [7, 11) is 0. The van der Waals surface area contributed by atoms with Gasteiger partial charge >= 0.3 is 0 Å². The van der Waals surface area contributed by atoms with Crippen molar-refractivity contribution >= 4 is 11.9 Å². The average Bonchev–Trinajstić information content (AvgIpc) is 3.22. The van der Waals surface area contributed by atoms with Crippen molar-refractivity contribution in [3.63, 3.8) is 0 Å². The highest BCUT2D eigenvalue weighted by Gasteiger charge is 2.36. The quantitative estimate of drug-likeness (QED) is 0.660. The first-order chi connectivity index (χ1) is 11.1. The molecule has 3 rings (SSSR count). The molecular weight excluding hydrogens is 292 g/mol. The van der Waals surface area contributed by atoms with Gasteiger partial charge in [-0.05, 0) is 38.8 Å². The topological polar surface area (TPSA) is 61.1 Å². The van der Waals surface area contributed by atoms with Gasteiger partial charge in [0, 0.05) is 38.1 Å². The number of furan rings is 1. The summed E-state index contributed by atoms with van der Waals surface area (Å²) in [5.41, 5.74) is 0. The predicted molar refractivity (Wildman–Crippen MR) is 89.3 cm³/mol. The average molecular weight is 318 g/mol. The number of nitrogens with one attached hydrogen (secondary N) is 1. The number of aliphatic imine (C=N–C) groups is 1. The third-order valence-corrected chi connectivity index (χ3v) is 4.16. The lowest BCUT2D eigenvalue weighted by atomic mass is 10.3. The van der Waals surface area contributed by atoms with E-state index in [9.17, 15) is 4.79 Å². The maximum absolute atomic E-state index is 12.3. The first-order valence-electron chi connectivity index (χ1n) is 8.51. The molecule has 6 nitrogen and oxygen atoms in total. The molecule has 6 heteroatoms. The van der Waals surface area contributed by atoms with E-state index >= 15 is 0 Å². The summed E-state index contributed by atoms with van der Waals surface area (Å²) in [6, 6.07) is 4.64. The van der Waals surface area contributed by atoms with E-state index in [1.807, 2.05) is 17.0 Å². The Labute approximate surface area is 137 Å². The third kappa shape index (κ3) is 4.27. The Kier molecular flexibility index (Phi) is 4.88. The summed E-state index contributed by atoms with van der Waals surface area (Å²) in [6.45, 7) is 6.91. The van der Waals surface area contributed by atoms with Crippen molar-refractivity contribution < 1.29 is 9.21 Å². The van der Waals surface area contributed by atoms with Crippen LogP contribution in [0.15, 0.2) is 27.8 Å². The zero-order chi connectivity index (χ0) is 16.2. The lowest BCUT2D eigenvalue weighted by Crippen LogP contribution is -2.56. The zero-order valence-electron chi connectivity index (χ0n) is 14.0. The van der Waals surface area contributed by atoms with Crippen molar-refractivity contribution in [2.45, 2.75) is 45.2 Å². The summed E-state index contributed by atoms with van der Waals surface area (Å²) < 4.78 is 5.34. The molecule has 0 atom stereocenters. The second kappa shape index (κ2) is 7.06. The second-order valence-electron chi connectivity index (χ2n) is 6.57. The molecule has 1 saturated carbocycles. The largest absolute Gasteiger partial charge is 0.469 e. The highest BCUT2D eigenvalue weighted by atomic mass is 16.3. The van der Waals surface area contributed by atoms with Crippen LogP contribution in [0.2, 0.25) is 0 Å². The molecule has 2 fully saturated rings. The smallest absolute Gasteiger partial charge is 0.242 e. The summed E-state index contributed by atoms with van der Waals surface area (Å²) in [5.74, 6) is 1.99. The van der Waals surface area contributed by atoms with Gasteiger partial charge in [-0.2, -0.15) is 0 Å². The van der Waals surface area contributed by atoms with E-state index in [-0.39, 0.29) is 11.9 Å². The van der Waals surface area contributed by atoms with Gasteiger partial charge in [-0.25, -0.2) is 0 Å². The Morgan fingerprint density at radius 3 is 2.87 bits per heavy atom. The minimum Gasteiger partial charge on any atom is -0.469 e. The molecule has 0 spiro atoms. The molecule has 1 aromatic heterocycles. The highest BCUT2D eigenvalue weighted by molar-refractivity contribution is 5.88. The first-order valence-corrected chi connectivity index (χ1v) is 8.51. The third-order valence-electron chi connectivity index (χ3n) is 4.16. The van der Waals surface area contributed by atoms with Crippen LogP contribution in [0.25, 0.3) is 0 Å². The van der Waals surface area contributed by atoms with Gasteiger partial charge in [-0.15, -0.1) is 0 Å². The van der Waals surface area contributed by atoms with Gasteiger partial charge < -0.3 is 19.5 Å². The Hall–Kier alpha value is -1.98. The predicted octanol–water partition coefficient (Wildman–Crippen LogP) is 1.48. The van der Waals surface area contributed by atoms with Gasteiger partial charge in [0.2, 0.25) is 5.91 Å². The van der Waals surface area contributed by atoms with Crippen LogP contribution in [0, 0.1) is 0 Å². The van der Waals surface area contributed by atoms with Gasteiger partial charge in [0.05, 0.1) is 12.8 Å². The summed E-state index contributed by atoms with van der Waals surface area (Å²) in [4.78, 5) is 21.1. The first kappa shape index (κ1) is 15.9. The van der Waals surface area contributed by atoms with Gasteiger partial charge in [-0.3, -0.25) is 9.79 Å². The molecule has 0 unspecified atom stereocenters. The lowest BCUT2D eigenvalue weighted by Gasteiger charge is -2.36. The van der Waals surface area contributed by atoms with Gasteiger partial charge in [0.15, 0.2) is 5.96 Å². The molecule has 0 aromatic carbocycles. The van der Waals surface area contributed by atoms with E-state index in [0.717, 1.165) is 31.2 Å². The van der Waals surface area contributed by atoms with Crippen molar-refractivity contribution in [3.8, 4) is 0 Å². The van der Waals surface area contributed by atoms with Crippen LogP contribution in [0.5, 0.6) is 0 Å². The normalized spacial score (nSPS) is 19.6. The van der Waals surface area contributed by atoms with E-state index in [0.29, 0.717) is 19.1 Å². The minimum absolute atomic E-state index is 0.225. The Bertz CT molecular complexity index is 549. The number of rotatable bonds is 5. The maximum atomic E-state index is 12.3. The van der Waals surface area contributed by atoms with Crippen molar-refractivity contribution in [2.24, 2.45) is 4.99 Å². The standard InChI is InChI=1S/C17H26N4O2/c1-13(2)19-17(18-8-7-15-4-3-11-23-15)20-9-10-21(14-5-6-14)16(22)12-20/h3-4,11,13-14H,5-10,12H2,1-2H3,(H,18,19). The van der Waals surface area contributed by atoms with E-state index in [1.165, 1.54) is 12.8 Å². The number of nitrogens with zero attached hydrogens (tertiary/aromatic N) is 3. The molecule has 2 heterocycles. The van der Waals surface area contributed by atoms with Crippen LogP contribution in [0.4, 0.5) is 0 Å². The number of hydrogen-bond donors (Lipinski definition) is 1. The van der Waals surface area contributed by atoms with E-state index in [4.69, 9.17) is 4.42 Å². The Morgan fingerprint density at radius 2 is 2.26 bits per heavy atom. The number of guanidine groups is 1. The molecule has 1 amide bonds. The summed E-state index contributed by atoms with van der Waals surface area (Å²) in [5, 5.41) is 3.38. The molecule has 126 valence electrons. The van der Waals surface area contributed by atoms with Gasteiger partial charge in [-0.1, -0.05) is 0 Å². The van der Waals surface area contributed by atoms with Gasteiger partial charge in [0.1, 0.15) is 5.76 Å². The number of hydrogen-bond acceptors (Lipinski definition) is 3. The number of piperazine rings is 1. The fourth-order valence-electron chi connectivity index (χ4n) is 2.86. The molecule has 23 heavy (non-hydrogen) atoms. The monoisotopic (exact) mass is 318 g/mol. The minimum atomic E-state index is 0.225. The molecule has 0 radical (unpaired) electrons. The van der Waals surface area contributed by atoms with Crippen LogP contribution in [-0.4, -0.2) is 59.9 Å². The SMILES string of the molecule is CC(C)NC(=NCCc1ccco1)N1CCN(C2CC2)C(=O)C1. The van der Waals surface area contributed by atoms with Crippen LogP contribution in [0.1, 0.15) is 32.4 Å². The lowest BCUT2D eigenvalue weighted by molar-refractivity contribution is -0.135. The molecule has 2 aliphatic rings. The second-order valence-corrected chi connectivity index (χ2v) is 6.57. The molecule has 1 aliphatic carbocycles. The van der Waals surface area contributed by atoms with Crippen molar-refractivity contribution in [1.29, 1.82) is 0 Å². The summed E-state index contributed by atoms with van der Waals surface area (Å²) in [6.07, 6.45) is 4.79. The Morgan fingerprint density at radius 1 is 1.43 bits per heavy atom. The number of carbonyl (C=O) groups excluding carboxylic acids is 1. The van der Waals surface area contributed by atoms with Crippen LogP contribution in [0.3, 0.4) is 0 Å². The van der Waals surface area contributed by atoms with Crippen molar-refractivity contribution in [2.75, 3.05) is 26.2 Å². The van der Waals surface area contributed by atoms with Crippen LogP contribution in [-0.2, 0) is 11.2 Å². The zero-order valence-corrected chi connectivity index (χ0v) is 14.0. The van der Waals surface area contributed by atoms with Gasteiger partial charge in [0.25, 0.3) is 0 Å². The number of carbonyl (C=O) groups is 1.